The summed E-state index contributed by atoms with van der Waals surface area (Å²) in [6.45, 7) is 4.35. The highest BCUT2D eigenvalue weighted by Crippen LogP contribution is 2.36. The molecular formula is C22H23N5O3. The van der Waals surface area contributed by atoms with Crippen LogP contribution in [0, 0.1) is 0 Å². The number of anilines is 2. The number of aromatic nitrogens is 3. The van der Waals surface area contributed by atoms with Crippen LogP contribution >= 0.6 is 0 Å². The van der Waals surface area contributed by atoms with E-state index in [-0.39, 0.29) is 5.91 Å². The van der Waals surface area contributed by atoms with E-state index in [2.05, 4.69) is 20.7 Å². The van der Waals surface area contributed by atoms with Crippen LogP contribution in [0.5, 0.6) is 11.5 Å². The highest BCUT2D eigenvalue weighted by molar-refractivity contribution is 6.06. The normalized spacial score (nSPS) is 15.2. The highest BCUT2D eigenvalue weighted by atomic mass is 16.5. The molecule has 2 heterocycles. The van der Waals surface area contributed by atoms with Crippen LogP contribution in [0.4, 0.5) is 11.6 Å². The first kappa shape index (κ1) is 19.5. The van der Waals surface area contributed by atoms with Crippen molar-refractivity contribution in [2.75, 3.05) is 24.4 Å². The number of ether oxygens (including phenoxy) is 2. The van der Waals surface area contributed by atoms with E-state index in [4.69, 9.17) is 9.47 Å². The van der Waals surface area contributed by atoms with Gasteiger partial charge in [0.1, 0.15) is 23.9 Å². The van der Waals surface area contributed by atoms with Crippen molar-refractivity contribution in [1.29, 1.82) is 0 Å². The summed E-state index contributed by atoms with van der Waals surface area (Å²) in [6.07, 6.45) is 1.47. The van der Waals surface area contributed by atoms with E-state index < -0.39 is 6.04 Å². The maximum atomic E-state index is 13.4. The SMILES string of the molecule is CCOc1cccc(C2C(C(=O)Nc3ccccc3OC)=C(C)Nc3ncnn32)c1. The van der Waals surface area contributed by atoms with Crippen molar-refractivity contribution in [3.05, 3.63) is 71.7 Å². The summed E-state index contributed by atoms with van der Waals surface area (Å²) in [6, 6.07) is 14.5. The lowest BCUT2D eigenvalue weighted by Crippen LogP contribution is -2.31. The van der Waals surface area contributed by atoms with E-state index in [9.17, 15) is 4.79 Å². The van der Waals surface area contributed by atoms with Gasteiger partial charge in [0, 0.05) is 5.70 Å². The number of hydrogen-bond donors (Lipinski definition) is 2. The van der Waals surface area contributed by atoms with E-state index in [1.807, 2.05) is 50.2 Å². The molecule has 1 aromatic heterocycles. The molecule has 2 aromatic carbocycles. The van der Waals surface area contributed by atoms with Gasteiger partial charge in [0.25, 0.3) is 5.91 Å². The van der Waals surface area contributed by atoms with Gasteiger partial charge in [-0.2, -0.15) is 10.1 Å². The summed E-state index contributed by atoms with van der Waals surface area (Å²) < 4.78 is 12.7. The molecule has 3 aromatic rings. The van der Waals surface area contributed by atoms with E-state index in [1.54, 1.807) is 23.9 Å². The average Bonchev–Trinajstić information content (AvgIpc) is 3.21. The number of amides is 1. The number of nitrogens with zero attached hydrogens (tertiary/aromatic N) is 3. The van der Waals surface area contributed by atoms with Gasteiger partial charge in [0.15, 0.2) is 0 Å². The van der Waals surface area contributed by atoms with E-state index in [1.165, 1.54) is 6.33 Å². The fourth-order valence-electron chi connectivity index (χ4n) is 3.57. The van der Waals surface area contributed by atoms with Gasteiger partial charge in [0.05, 0.1) is 25.0 Å². The van der Waals surface area contributed by atoms with Crippen LogP contribution in [0.1, 0.15) is 25.5 Å². The van der Waals surface area contributed by atoms with E-state index in [0.29, 0.717) is 35.3 Å². The van der Waals surface area contributed by atoms with Gasteiger partial charge in [-0.25, -0.2) is 4.68 Å². The topological polar surface area (TPSA) is 90.3 Å². The molecule has 0 spiro atoms. The van der Waals surface area contributed by atoms with Crippen molar-refractivity contribution in [2.45, 2.75) is 19.9 Å². The van der Waals surface area contributed by atoms with Gasteiger partial charge in [-0.15, -0.1) is 0 Å². The minimum absolute atomic E-state index is 0.252. The lowest BCUT2D eigenvalue weighted by molar-refractivity contribution is -0.113. The average molecular weight is 405 g/mol. The first-order chi connectivity index (χ1) is 14.6. The van der Waals surface area contributed by atoms with Crippen molar-refractivity contribution < 1.29 is 14.3 Å². The van der Waals surface area contributed by atoms with Crippen LogP contribution in [0.2, 0.25) is 0 Å². The highest BCUT2D eigenvalue weighted by Gasteiger charge is 2.33. The predicted molar refractivity (Wildman–Crippen MR) is 114 cm³/mol. The number of allylic oxidation sites excluding steroid dienone is 1. The standard InChI is InChI=1S/C22H23N5O3/c1-4-30-16-9-7-8-15(12-16)20-19(14(2)25-22-23-13-24-27(20)22)21(28)26-17-10-5-6-11-18(17)29-3/h5-13,20H,4H2,1-3H3,(H,26,28)(H,23,24,25). The Morgan fingerprint density at radius 2 is 2.07 bits per heavy atom. The molecule has 0 radical (unpaired) electrons. The Labute approximate surface area is 174 Å². The molecule has 0 bridgehead atoms. The van der Waals surface area contributed by atoms with E-state index >= 15 is 0 Å². The number of rotatable bonds is 6. The van der Waals surface area contributed by atoms with Gasteiger partial charge in [-0.3, -0.25) is 4.79 Å². The van der Waals surface area contributed by atoms with Gasteiger partial charge >= 0.3 is 0 Å². The second-order valence-electron chi connectivity index (χ2n) is 6.75. The molecule has 1 unspecified atom stereocenters. The smallest absolute Gasteiger partial charge is 0.255 e. The maximum Gasteiger partial charge on any atom is 0.255 e. The number of para-hydroxylation sites is 2. The lowest BCUT2D eigenvalue weighted by Gasteiger charge is -2.29. The molecule has 2 N–H and O–H groups in total. The third-order valence-corrected chi connectivity index (χ3v) is 4.88. The molecule has 4 rings (SSSR count). The zero-order valence-corrected chi connectivity index (χ0v) is 17.0. The molecule has 8 heteroatoms. The number of carbonyl (C=O) groups is 1. The molecule has 1 atom stereocenters. The molecule has 1 aliphatic heterocycles. The summed E-state index contributed by atoms with van der Waals surface area (Å²) in [4.78, 5) is 17.7. The van der Waals surface area contributed by atoms with Crippen molar-refractivity contribution >= 4 is 17.5 Å². The Kier molecular flexibility index (Phi) is 5.38. The minimum Gasteiger partial charge on any atom is -0.495 e. The molecule has 1 amide bonds. The summed E-state index contributed by atoms with van der Waals surface area (Å²) in [5, 5.41) is 10.5. The summed E-state index contributed by atoms with van der Waals surface area (Å²) in [7, 11) is 1.57. The van der Waals surface area contributed by atoms with Crippen molar-refractivity contribution in [2.24, 2.45) is 0 Å². The number of nitrogens with one attached hydrogen (secondary N) is 2. The van der Waals surface area contributed by atoms with Crippen LogP contribution in [0.25, 0.3) is 0 Å². The number of carbonyl (C=O) groups excluding carboxylic acids is 1. The zero-order chi connectivity index (χ0) is 21.1. The van der Waals surface area contributed by atoms with E-state index in [0.717, 1.165) is 11.3 Å². The van der Waals surface area contributed by atoms with Gasteiger partial charge in [-0.05, 0) is 43.7 Å². The lowest BCUT2D eigenvalue weighted by atomic mass is 9.94. The molecule has 0 saturated heterocycles. The molecule has 30 heavy (non-hydrogen) atoms. The number of fused-ring (bicyclic) bond motifs is 1. The molecule has 0 saturated carbocycles. The first-order valence-electron chi connectivity index (χ1n) is 9.66. The molecule has 0 fully saturated rings. The first-order valence-corrected chi connectivity index (χ1v) is 9.66. The summed E-state index contributed by atoms with van der Waals surface area (Å²) in [5.41, 5.74) is 2.71. The Morgan fingerprint density at radius 1 is 1.23 bits per heavy atom. The Balaban J connectivity index is 1.76. The third-order valence-electron chi connectivity index (χ3n) is 4.88. The van der Waals surface area contributed by atoms with Crippen molar-refractivity contribution in [1.82, 2.24) is 14.8 Å². The summed E-state index contributed by atoms with van der Waals surface area (Å²) >= 11 is 0. The molecular weight excluding hydrogens is 382 g/mol. The van der Waals surface area contributed by atoms with Crippen LogP contribution in [-0.2, 0) is 4.79 Å². The van der Waals surface area contributed by atoms with Gasteiger partial charge in [-0.1, -0.05) is 24.3 Å². The second kappa shape index (κ2) is 8.28. The number of benzene rings is 2. The molecule has 8 nitrogen and oxygen atoms in total. The van der Waals surface area contributed by atoms with Crippen molar-refractivity contribution in [3.63, 3.8) is 0 Å². The molecule has 1 aliphatic rings. The quantitative estimate of drug-likeness (QED) is 0.651. The number of hydrogen-bond acceptors (Lipinski definition) is 6. The van der Waals surface area contributed by atoms with Gasteiger partial charge < -0.3 is 20.1 Å². The monoisotopic (exact) mass is 405 g/mol. The number of methoxy groups -OCH3 is 1. The largest absolute Gasteiger partial charge is 0.495 e. The fraction of sp³-hybridized carbons (Fsp3) is 0.227. The summed E-state index contributed by atoms with van der Waals surface area (Å²) in [5.74, 6) is 1.65. The van der Waals surface area contributed by atoms with Crippen LogP contribution < -0.4 is 20.1 Å². The minimum atomic E-state index is -0.459. The Morgan fingerprint density at radius 3 is 2.87 bits per heavy atom. The Hall–Kier alpha value is -3.81. The zero-order valence-electron chi connectivity index (χ0n) is 17.0. The van der Waals surface area contributed by atoms with Crippen LogP contribution in [-0.4, -0.2) is 34.4 Å². The molecule has 154 valence electrons. The third kappa shape index (κ3) is 3.59. The van der Waals surface area contributed by atoms with Crippen LogP contribution in [0.3, 0.4) is 0 Å². The fourth-order valence-corrected chi connectivity index (χ4v) is 3.57. The molecule has 0 aliphatic carbocycles. The Bertz CT molecular complexity index is 1110. The van der Waals surface area contributed by atoms with Crippen LogP contribution in [0.15, 0.2) is 66.1 Å². The van der Waals surface area contributed by atoms with Crippen molar-refractivity contribution in [3.8, 4) is 11.5 Å². The predicted octanol–water partition coefficient (Wildman–Crippen LogP) is 3.61. The van der Waals surface area contributed by atoms with Gasteiger partial charge in [0.2, 0.25) is 5.95 Å². The second-order valence-corrected chi connectivity index (χ2v) is 6.75. The maximum absolute atomic E-state index is 13.4.